The monoisotopic (exact) mass is 451 g/mol. The zero-order valence-corrected chi connectivity index (χ0v) is 18.1. The van der Waals surface area contributed by atoms with Crippen molar-refractivity contribution in [2.24, 2.45) is 0 Å². The summed E-state index contributed by atoms with van der Waals surface area (Å²) in [5, 5.41) is 9.93. The van der Waals surface area contributed by atoms with Crippen LogP contribution >= 0.6 is 11.6 Å². The lowest BCUT2D eigenvalue weighted by molar-refractivity contribution is -0.120. The van der Waals surface area contributed by atoms with Gasteiger partial charge in [-0.15, -0.1) is 0 Å². The summed E-state index contributed by atoms with van der Waals surface area (Å²) in [5.74, 6) is 0.912. The van der Waals surface area contributed by atoms with E-state index in [0.29, 0.717) is 37.5 Å². The van der Waals surface area contributed by atoms with Crippen LogP contribution < -0.4 is 4.90 Å². The lowest BCUT2D eigenvalue weighted by Gasteiger charge is -2.32. The maximum Gasteiger partial charge on any atom is 0.407 e. The van der Waals surface area contributed by atoms with Crippen LogP contribution in [0.5, 0.6) is 0 Å². The molecule has 2 amide bonds. The maximum absolute atomic E-state index is 13.4. The maximum atomic E-state index is 13.4. The minimum atomic E-state index is -0.882. The van der Waals surface area contributed by atoms with Crippen LogP contribution in [0.4, 0.5) is 10.5 Å². The molecule has 164 valence electrons. The Morgan fingerprint density at radius 2 is 2.00 bits per heavy atom. The third kappa shape index (κ3) is 2.82. The van der Waals surface area contributed by atoms with Crippen LogP contribution in [0.15, 0.2) is 36.7 Å². The van der Waals surface area contributed by atoms with Crippen molar-refractivity contribution in [3.8, 4) is 0 Å². The molecule has 9 heteroatoms. The highest BCUT2D eigenvalue weighted by molar-refractivity contribution is 6.31. The van der Waals surface area contributed by atoms with Crippen LogP contribution in [-0.2, 0) is 16.8 Å². The molecule has 8 nitrogen and oxygen atoms in total. The number of pyridine rings is 1. The number of halogens is 1. The van der Waals surface area contributed by atoms with Crippen LogP contribution in [0, 0.1) is 0 Å². The first-order valence-electron chi connectivity index (χ1n) is 10.9. The van der Waals surface area contributed by atoms with Gasteiger partial charge in [-0.1, -0.05) is 11.6 Å². The number of rotatable bonds is 3. The summed E-state index contributed by atoms with van der Waals surface area (Å²) in [6, 6.07) is 7.71. The highest BCUT2D eigenvalue weighted by Gasteiger charge is 2.59. The first-order chi connectivity index (χ1) is 15.5. The molecule has 1 spiro atoms. The van der Waals surface area contributed by atoms with E-state index in [-0.39, 0.29) is 17.4 Å². The molecule has 1 saturated carbocycles. The number of anilines is 1. The molecular formula is C23H22ClN5O3. The smallest absolute Gasteiger partial charge is 0.407 e. The first kappa shape index (κ1) is 19.5. The fraction of sp³-hybridized carbons (Fsp3) is 0.391. The number of carboxylic acid groups (broad SMARTS) is 1. The van der Waals surface area contributed by atoms with Crippen molar-refractivity contribution in [3.05, 3.63) is 53.1 Å². The number of piperidine rings is 1. The van der Waals surface area contributed by atoms with Gasteiger partial charge < -0.3 is 19.5 Å². The number of likely N-dealkylation sites (tertiary alicyclic amines) is 1. The normalized spacial score (nSPS) is 19.7. The van der Waals surface area contributed by atoms with Gasteiger partial charge in [0.1, 0.15) is 5.82 Å². The summed E-state index contributed by atoms with van der Waals surface area (Å²) in [7, 11) is 0. The van der Waals surface area contributed by atoms with E-state index in [1.165, 1.54) is 4.90 Å². The SMILES string of the molecule is O=C(O)N1CCC(n2c(CN3C(=O)C4(CC4)c4ccncc43)nc3cc(Cl)ccc32)CC1. The largest absolute Gasteiger partial charge is 0.465 e. The Labute approximate surface area is 189 Å². The number of hydrogen-bond acceptors (Lipinski definition) is 4. The lowest BCUT2D eigenvalue weighted by Crippen LogP contribution is -2.39. The minimum Gasteiger partial charge on any atom is -0.465 e. The predicted molar refractivity (Wildman–Crippen MR) is 119 cm³/mol. The second kappa shape index (κ2) is 6.93. The molecule has 32 heavy (non-hydrogen) atoms. The van der Waals surface area contributed by atoms with Crippen molar-refractivity contribution < 1.29 is 14.7 Å². The fourth-order valence-corrected chi connectivity index (χ4v) is 5.52. The van der Waals surface area contributed by atoms with Crippen molar-refractivity contribution in [2.75, 3.05) is 18.0 Å². The van der Waals surface area contributed by atoms with Crippen molar-refractivity contribution in [1.82, 2.24) is 19.4 Å². The summed E-state index contributed by atoms with van der Waals surface area (Å²) >= 11 is 6.23. The van der Waals surface area contributed by atoms with Gasteiger partial charge in [-0.2, -0.15) is 0 Å². The Morgan fingerprint density at radius 3 is 2.72 bits per heavy atom. The van der Waals surface area contributed by atoms with E-state index in [1.807, 2.05) is 29.2 Å². The molecule has 4 heterocycles. The van der Waals surface area contributed by atoms with Crippen molar-refractivity contribution >= 4 is 40.3 Å². The molecule has 2 aromatic heterocycles. The van der Waals surface area contributed by atoms with E-state index in [1.54, 1.807) is 12.4 Å². The van der Waals surface area contributed by atoms with Crippen molar-refractivity contribution in [1.29, 1.82) is 0 Å². The van der Waals surface area contributed by atoms with E-state index in [9.17, 15) is 14.7 Å². The Bertz CT molecular complexity index is 1260. The number of carbonyl (C=O) groups is 2. The number of imidazole rings is 1. The molecule has 1 aliphatic carbocycles. The third-order valence-electron chi connectivity index (χ3n) is 7.14. The van der Waals surface area contributed by atoms with E-state index < -0.39 is 6.09 Å². The van der Waals surface area contributed by atoms with Gasteiger partial charge in [-0.3, -0.25) is 9.78 Å². The van der Waals surface area contributed by atoms with Gasteiger partial charge in [0.05, 0.1) is 34.9 Å². The van der Waals surface area contributed by atoms with E-state index in [0.717, 1.165) is 41.0 Å². The van der Waals surface area contributed by atoms with Crippen LogP contribution in [0.2, 0.25) is 5.02 Å². The van der Waals surface area contributed by atoms with Gasteiger partial charge in [-0.05, 0) is 55.5 Å². The summed E-state index contributed by atoms with van der Waals surface area (Å²) < 4.78 is 2.19. The molecule has 1 aromatic carbocycles. The molecule has 2 aliphatic heterocycles. The molecule has 2 fully saturated rings. The molecule has 1 saturated heterocycles. The number of nitrogens with zero attached hydrogens (tertiary/aromatic N) is 5. The van der Waals surface area contributed by atoms with Crippen LogP contribution in [-0.4, -0.2) is 49.6 Å². The minimum absolute atomic E-state index is 0.104. The zero-order valence-electron chi connectivity index (χ0n) is 17.4. The van der Waals surface area contributed by atoms with E-state index >= 15 is 0 Å². The second-order valence-electron chi connectivity index (χ2n) is 8.90. The molecule has 0 atom stereocenters. The van der Waals surface area contributed by atoms with Crippen LogP contribution in [0.25, 0.3) is 11.0 Å². The standard InChI is InChI=1S/C23H22ClN5O3/c24-14-1-2-18-17(11-14)26-20(29(18)15-4-9-27(10-5-15)22(31)32)13-28-19-12-25-8-3-16(19)23(6-7-23)21(28)30/h1-3,8,11-12,15H,4-7,9-10,13H2,(H,31,32). The molecular weight excluding hydrogens is 430 g/mol. The predicted octanol–water partition coefficient (Wildman–Crippen LogP) is 3.98. The number of benzene rings is 1. The van der Waals surface area contributed by atoms with Gasteiger partial charge >= 0.3 is 6.09 Å². The summed E-state index contributed by atoms with van der Waals surface area (Å²) in [6.07, 6.45) is 5.79. The van der Waals surface area contributed by atoms with Crippen LogP contribution in [0.3, 0.4) is 0 Å². The molecule has 0 unspecified atom stereocenters. The quantitative estimate of drug-likeness (QED) is 0.650. The first-order valence-corrected chi connectivity index (χ1v) is 11.3. The topological polar surface area (TPSA) is 91.6 Å². The van der Waals surface area contributed by atoms with Crippen LogP contribution in [0.1, 0.15) is 43.1 Å². The number of aromatic nitrogens is 3. The summed E-state index contributed by atoms with van der Waals surface area (Å²) in [6.45, 7) is 1.31. The molecule has 0 radical (unpaired) electrons. The molecule has 6 rings (SSSR count). The average Bonchev–Trinajstić information content (AvgIpc) is 3.48. The molecule has 0 bridgehead atoms. The third-order valence-corrected chi connectivity index (χ3v) is 7.37. The van der Waals surface area contributed by atoms with Gasteiger partial charge in [-0.25, -0.2) is 9.78 Å². The Balaban J connectivity index is 1.40. The number of hydrogen-bond donors (Lipinski definition) is 1. The summed E-state index contributed by atoms with van der Waals surface area (Å²) in [5.41, 5.74) is 3.29. The van der Waals surface area contributed by atoms with E-state index in [4.69, 9.17) is 16.6 Å². The highest BCUT2D eigenvalue weighted by atomic mass is 35.5. The van der Waals surface area contributed by atoms with Gasteiger partial charge in [0.15, 0.2) is 0 Å². The van der Waals surface area contributed by atoms with Crippen molar-refractivity contribution in [2.45, 2.75) is 43.7 Å². The Kier molecular flexibility index (Phi) is 4.24. The highest BCUT2D eigenvalue weighted by Crippen LogP contribution is 2.57. The fourth-order valence-electron chi connectivity index (χ4n) is 5.35. The number of amides is 2. The zero-order chi connectivity index (χ0) is 22.0. The van der Waals surface area contributed by atoms with Gasteiger partial charge in [0.25, 0.3) is 0 Å². The summed E-state index contributed by atoms with van der Waals surface area (Å²) in [4.78, 5) is 37.2. The van der Waals surface area contributed by atoms with Crippen molar-refractivity contribution in [3.63, 3.8) is 0 Å². The lowest BCUT2D eigenvalue weighted by atomic mass is 9.99. The second-order valence-corrected chi connectivity index (χ2v) is 9.33. The molecule has 3 aromatic rings. The molecule has 3 aliphatic rings. The number of carbonyl (C=O) groups excluding carboxylic acids is 1. The molecule has 1 N–H and O–H groups in total. The van der Waals surface area contributed by atoms with E-state index in [2.05, 4.69) is 9.55 Å². The average molecular weight is 452 g/mol. The number of fused-ring (bicyclic) bond motifs is 3. The Morgan fingerprint density at radius 1 is 1.22 bits per heavy atom. The van der Waals surface area contributed by atoms with Gasteiger partial charge in [0.2, 0.25) is 5.91 Å². The van der Waals surface area contributed by atoms with Gasteiger partial charge in [0, 0.05) is 30.4 Å². The Hall–Kier alpha value is -3.13.